The number of halogens is 4. The minimum atomic E-state index is -4.79. The first-order chi connectivity index (χ1) is 25.4. The van der Waals surface area contributed by atoms with Crippen molar-refractivity contribution in [3.63, 3.8) is 0 Å². The number of aromatic amines is 1. The molecule has 0 bridgehead atoms. The lowest BCUT2D eigenvalue weighted by atomic mass is 10.0. The number of hydrogen-bond acceptors (Lipinski definition) is 9. The molecule has 0 spiro atoms. The molecular weight excluding hydrogens is 731 g/mol. The molecule has 0 unspecified atom stereocenters. The third-order valence-electron chi connectivity index (χ3n) is 9.19. The lowest BCUT2D eigenvalue weighted by Crippen LogP contribution is -2.57. The van der Waals surface area contributed by atoms with E-state index in [1.54, 1.807) is 6.20 Å². The molecule has 284 valence electrons. The molecule has 0 radical (unpaired) electrons. The van der Waals surface area contributed by atoms with Crippen LogP contribution in [0.2, 0.25) is 5.02 Å². The number of nitrogens with two attached hydrogens (primary N) is 2. The van der Waals surface area contributed by atoms with Crippen molar-refractivity contribution in [3.05, 3.63) is 82.4 Å². The molecule has 1 aliphatic heterocycles. The van der Waals surface area contributed by atoms with Gasteiger partial charge in [-0.3, -0.25) is 19.4 Å². The fourth-order valence-electron chi connectivity index (χ4n) is 6.31. The van der Waals surface area contributed by atoms with Gasteiger partial charge >= 0.3 is 6.18 Å². The fourth-order valence-corrected chi connectivity index (χ4v) is 7.62. The van der Waals surface area contributed by atoms with Crippen LogP contribution in [0.5, 0.6) is 0 Å². The number of nitrogens with one attached hydrogen (secondary N) is 4. The molecular formula is C36H43ClF3N9O3S. The molecule has 0 aliphatic carbocycles. The highest BCUT2D eigenvalue weighted by Crippen LogP contribution is 2.42. The lowest BCUT2D eigenvalue weighted by molar-refractivity contribution is -0.142. The van der Waals surface area contributed by atoms with Crippen molar-refractivity contribution >= 4 is 52.0 Å². The summed E-state index contributed by atoms with van der Waals surface area (Å²) in [4.78, 5) is 55.8. The molecule has 3 amide bonds. The molecule has 3 heterocycles. The van der Waals surface area contributed by atoms with Crippen LogP contribution < -0.4 is 27.4 Å². The van der Waals surface area contributed by atoms with Gasteiger partial charge in [-0.1, -0.05) is 41.6 Å². The van der Waals surface area contributed by atoms with Gasteiger partial charge in [0.05, 0.1) is 22.3 Å². The molecule has 2 aromatic heterocycles. The van der Waals surface area contributed by atoms with Crippen LogP contribution in [-0.4, -0.2) is 75.8 Å². The van der Waals surface area contributed by atoms with E-state index < -0.39 is 54.1 Å². The number of unbranched alkanes of at least 4 members (excludes halogenated alkanes) is 1. The van der Waals surface area contributed by atoms with Crippen LogP contribution in [0.1, 0.15) is 54.5 Å². The fraction of sp³-hybridized carbons (Fsp3) is 0.417. The van der Waals surface area contributed by atoms with Crippen molar-refractivity contribution in [2.75, 3.05) is 20.1 Å². The van der Waals surface area contributed by atoms with Crippen LogP contribution in [0, 0.1) is 0 Å². The molecule has 2 aromatic carbocycles. The molecule has 0 saturated carbocycles. The van der Waals surface area contributed by atoms with Crippen LogP contribution in [0.25, 0.3) is 10.9 Å². The van der Waals surface area contributed by atoms with Crippen molar-refractivity contribution < 1.29 is 27.6 Å². The third-order valence-corrected chi connectivity index (χ3v) is 10.8. The first-order valence-electron chi connectivity index (χ1n) is 17.3. The van der Waals surface area contributed by atoms with E-state index >= 15 is 0 Å². The Hall–Kier alpha value is -4.22. The zero-order valence-corrected chi connectivity index (χ0v) is 30.7. The number of nitrogens with zero attached hydrogens (tertiary/aromatic N) is 3. The molecule has 1 aliphatic rings. The third kappa shape index (κ3) is 9.86. The van der Waals surface area contributed by atoms with Crippen LogP contribution >= 0.6 is 23.4 Å². The number of likely N-dealkylation sites (N-methyl/N-ethyl adjacent to an activating group) is 1. The molecule has 0 fully saturated rings. The van der Waals surface area contributed by atoms with Gasteiger partial charge in [0.25, 0.3) is 0 Å². The molecule has 12 nitrogen and oxygen atoms in total. The van der Waals surface area contributed by atoms with E-state index in [0.29, 0.717) is 50.0 Å². The maximum absolute atomic E-state index is 14.6. The number of fused-ring (bicyclic) bond motifs is 3. The first kappa shape index (κ1) is 40.0. The zero-order chi connectivity index (χ0) is 38.1. The summed E-state index contributed by atoms with van der Waals surface area (Å²) in [5.41, 5.74) is 12.2. The molecule has 53 heavy (non-hydrogen) atoms. The standard InChI is InChI=1S/C36H43ClF3N9O3S/c1-49-30(17-21-18-45-26-8-3-2-7-22(21)26)33(51)47-19-23-24(36(38,39)40)11-12-25(37)31(23)53-34-29(43-15-16-44-34)20-46-27(10-6-14-42)32(50)48-28(35(49)52)9-4-5-13-41/h2-3,7-8,11-12,15-16,18,27-28,30,45-46H,4-6,9-10,13-14,17,19-20,41-42H2,1H3,(H,47,51)(H,48,50)/t27-,28-,30-/m0/s1. The second-order valence-electron chi connectivity index (χ2n) is 12.8. The maximum atomic E-state index is 14.6. The van der Waals surface area contributed by atoms with Crippen molar-refractivity contribution in [1.82, 2.24) is 35.8 Å². The van der Waals surface area contributed by atoms with Crippen molar-refractivity contribution in [2.45, 2.75) is 85.8 Å². The highest BCUT2D eigenvalue weighted by Gasteiger charge is 2.37. The molecule has 5 rings (SSSR count). The largest absolute Gasteiger partial charge is 0.416 e. The zero-order valence-electron chi connectivity index (χ0n) is 29.1. The quantitative estimate of drug-likeness (QED) is 0.135. The molecule has 4 aromatic rings. The summed E-state index contributed by atoms with van der Waals surface area (Å²) in [6.45, 7) is 0.135. The van der Waals surface area contributed by atoms with Crippen LogP contribution in [0.4, 0.5) is 13.2 Å². The number of carbonyl (C=O) groups is 3. The Kier molecular flexibility index (Phi) is 13.7. The number of benzene rings is 2. The number of hydrogen-bond donors (Lipinski definition) is 6. The predicted molar refractivity (Wildman–Crippen MR) is 197 cm³/mol. The summed E-state index contributed by atoms with van der Waals surface area (Å²) in [6, 6.07) is 6.42. The molecule has 3 atom stereocenters. The van der Waals surface area contributed by atoms with Crippen molar-refractivity contribution in [1.29, 1.82) is 0 Å². The Bertz CT molecular complexity index is 1910. The van der Waals surface area contributed by atoms with Gasteiger partial charge in [-0.25, -0.2) is 4.98 Å². The van der Waals surface area contributed by atoms with Gasteiger partial charge in [0.2, 0.25) is 17.7 Å². The van der Waals surface area contributed by atoms with Gasteiger partial charge in [-0.15, -0.1) is 0 Å². The number of rotatable bonds is 9. The molecule has 0 saturated heterocycles. The number of aromatic nitrogens is 3. The lowest BCUT2D eigenvalue weighted by Gasteiger charge is -2.32. The summed E-state index contributed by atoms with van der Waals surface area (Å²) < 4.78 is 43.7. The summed E-state index contributed by atoms with van der Waals surface area (Å²) >= 11 is 7.46. The highest BCUT2D eigenvalue weighted by molar-refractivity contribution is 7.99. The Morgan fingerprint density at radius 2 is 1.68 bits per heavy atom. The van der Waals surface area contributed by atoms with Crippen LogP contribution in [0.15, 0.2) is 64.9 Å². The Balaban J connectivity index is 1.63. The average molecular weight is 774 g/mol. The summed E-state index contributed by atoms with van der Waals surface area (Å²) in [6.07, 6.45) is 1.95. The second-order valence-corrected chi connectivity index (χ2v) is 14.2. The van der Waals surface area contributed by atoms with Crippen molar-refractivity contribution in [2.24, 2.45) is 11.5 Å². The molecule has 17 heteroatoms. The van der Waals surface area contributed by atoms with Crippen LogP contribution in [0.3, 0.4) is 0 Å². The Labute approximate surface area is 314 Å². The van der Waals surface area contributed by atoms with Crippen LogP contribution in [-0.2, 0) is 40.1 Å². The minimum absolute atomic E-state index is 0.0119. The Morgan fingerprint density at radius 3 is 2.43 bits per heavy atom. The number of H-pyrrole nitrogens is 1. The number of para-hydroxylation sites is 1. The normalized spacial score (nSPS) is 19.3. The number of alkyl halides is 3. The van der Waals surface area contributed by atoms with E-state index in [9.17, 15) is 27.6 Å². The van der Waals surface area contributed by atoms with E-state index in [2.05, 4.69) is 30.9 Å². The topological polar surface area (TPSA) is 184 Å². The molecule has 8 N–H and O–H groups in total. The van der Waals surface area contributed by atoms with E-state index in [4.69, 9.17) is 23.1 Å². The summed E-state index contributed by atoms with van der Waals surface area (Å²) in [5.74, 6) is -1.70. The summed E-state index contributed by atoms with van der Waals surface area (Å²) in [7, 11) is 1.46. The number of carbonyl (C=O) groups excluding carboxylic acids is 3. The minimum Gasteiger partial charge on any atom is -0.361 e. The first-order valence-corrected chi connectivity index (χ1v) is 18.5. The number of amides is 3. The maximum Gasteiger partial charge on any atom is 0.416 e. The second kappa shape index (κ2) is 18.2. The Morgan fingerprint density at radius 1 is 0.943 bits per heavy atom. The van der Waals surface area contributed by atoms with Gasteiger partial charge in [-0.05, 0) is 74.5 Å². The van der Waals surface area contributed by atoms with Gasteiger partial charge in [0.15, 0.2) is 0 Å². The van der Waals surface area contributed by atoms with Gasteiger partial charge in [0.1, 0.15) is 17.1 Å². The monoisotopic (exact) mass is 773 g/mol. The van der Waals surface area contributed by atoms with E-state index in [1.165, 1.54) is 24.3 Å². The van der Waals surface area contributed by atoms with Crippen molar-refractivity contribution in [3.8, 4) is 0 Å². The van der Waals surface area contributed by atoms with E-state index in [1.807, 2.05) is 24.3 Å². The van der Waals surface area contributed by atoms with Gasteiger partial charge < -0.3 is 37.3 Å². The van der Waals surface area contributed by atoms with Gasteiger partial charge in [0, 0.05) is 60.9 Å². The van der Waals surface area contributed by atoms with E-state index in [-0.39, 0.29) is 39.9 Å². The smallest absolute Gasteiger partial charge is 0.361 e. The highest BCUT2D eigenvalue weighted by atomic mass is 35.5. The SMILES string of the molecule is CN1C(=O)[C@H](CCCCN)NC(=O)[C@H](CCCN)NCc2nccnc2Sc2c(Cl)ccc(C(F)(F)F)c2CNC(=O)[C@@H]1Cc1c[nH]c2ccccc12. The summed E-state index contributed by atoms with van der Waals surface area (Å²) in [5, 5.41) is 9.87. The predicted octanol–water partition coefficient (Wildman–Crippen LogP) is 4.29. The van der Waals surface area contributed by atoms with E-state index in [0.717, 1.165) is 34.8 Å². The van der Waals surface area contributed by atoms with Gasteiger partial charge in [-0.2, -0.15) is 13.2 Å². The average Bonchev–Trinajstić information content (AvgIpc) is 3.55.